The SMILES string of the molecule is CC(C)c1n[nH]c(=S)n1CCNC(=O)c1cc(Cl)c(N)c(Cl)c1. The number of nitrogens with zero attached hydrogens (tertiary/aromatic N) is 2. The molecule has 0 saturated heterocycles. The number of nitrogen functional groups attached to an aromatic ring is 1. The third-order valence-corrected chi connectivity index (χ3v) is 4.20. The van der Waals surface area contributed by atoms with Crippen molar-refractivity contribution < 1.29 is 4.79 Å². The van der Waals surface area contributed by atoms with Crippen LogP contribution >= 0.6 is 35.4 Å². The molecule has 0 bridgehead atoms. The Morgan fingerprint density at radius 3 is 2.61 bits per heavy atom. The van der Waals surface area contributed by atoms with Gasteiger partial charge in [0.25, 0.3) is 5.91 Å². The number of halogens is 2. The van der Waals surface area contributed by atoms with Crippen LogP contribution < -0.4 is 11.1 Å². The number of aromatic nitrogens is 3. The maximum Gasteiger partial charge on any atom is 0.251 e. The molecule has 0 unspecified atom stereocenters. The molecule has 2 aromatic rings. The molecule has 0 atom stereocenters. The molecule has 0 aliphatic rings. The standard InChI is InChI=1S/C14H17Cl2N5OS/c1-7(2)12-19-20-14(23)21(12)4-3-18-13(22)8-5-9(15)11(17)10(16)6-8/h5-7H,3-4,17H2,1-2H3,(H,18,22)(H,20,23). The highest BCUT2D eigenvalue weighted by molar-refractivity contribution is 7.71. The van der Waals surface area contributed by atoms with E-state index in [0.717, 1.165) is 5.82 Å². The van der Waals surface area contributed by atoms with Crippen LogP contribution in [0.15, 0.2) is 12.1 Å². The minimum absolute atomic E-state index is 0.230. The molecule has 0 radical (unpaired) electrons. The maximum atomic E-state index is 12.2. The van der Waals surface area contributed by atoms with Crippen LogP contribution in [0.25, 0.3) is 0 Å². The van der Waals surface area contributed by atoms with E-state index < -0.39 is 0 Å². The topological polar surface area (TPSA) is 88.7 Å². The van der Waals surface area contributed by atoms with Crippen molar-refractivity contribution in [2.75, 3.05) is 12.3 Å². The van der Waals surface area contributed by atoms with E-state index in [4.69, 9.17) is 41.2 Å². The monoisotopic (exact) mass is 373 g/mol. The Kier molecular flexibility index (Phi) is 5.67. The first kappa shape index (κ1) is 17.8. The molecule has 9 heteroatoms. The fourth-order valence-electron chi connectivity index (χ4n) is 2.09. The minimum atomic E-state index is -0.282. The zero-order valence-electron chi connectivity index (χ0n) is 12.7. The Bertz CT molecular complexity index is 761. The van der Waals surface area contributed by atoms with Crippen molar-refractivity contribution in [1.82, 2.24) is 20.1 Å². The van der Waals surface area contributed by atoms with Crippen molar-refractivity contribution in [3.05, 3.63) is 38.3 Å². The summed E-state index contributed by atoms with van der Waals surface area (Å²) in [4.78, 5) is 12.2. The van der Waals surface area contributed by atoms with Crippen molar-refractivity contribution in [3.8, 4) is 0 Å². The van der Waals surface area contributed by atoms with E-state index in [-0.39, 0.29) is 27.6 Å². The van der Waals surface area contributed by atoms with Crippen molar-refractivity contribution in [1.29, 1.82) is 0 Å². The minimum Gasteiger partial charge on any atom is -0.396 e. The summed E-state index contributed by atoms with van der Waals surface area (Å²) in [7, 11) is 0. The van der Waals surface area contributed by atoms with Gasteiger partial charge in [0.05, 0.1) is 15.7 Å². The van der Waals surface area contributed by atoms with Crippen molar-refractivity contribution in [2.45, 2.75) is 26.3 Å². The number of aromatic amines is 1. The van der Waals surface area contributed by atoms with Gasteiger partial charge in [0.2, 0.25) is 0 Å². The quantitative estimate of drug-likeness (QED) is 0.553. The zero-order valence-corrected chi connectivity index (χ0v) is 15.0. The van der Waals surface area contributed by atoms with Crippen LogP contribution in [0, 0.1) is 4.77 Å². The number of nitrogens with two attached hydrogens (primary N) is 1. The molecule has 124 valence electrons. The fraction of sp³-hybridized carbons (Fsp3) is 0.357. The molecule has 0 spiro atoms. The van der Waals surface area contributed by atoms with Gasteiger partial charge in [-0.25, -0.2) is 0 Å². The number of amides is 1. The highest BCUT2D eigenvalue weighted by Gasteiger charge is 2.13. The van der Waals surface area contributed by atoms with Gasteiger partial charge >= 0.3 is 0 Å². The Balaban J connectivity index is 2.03. The molecule has 2 rings (SSSR count). The molecule has 0 aliphatic carbocycles. The van der Waals surface area contributed by atoms with Gasteiger partial charge in [0.15, 0.2) is 4.77 Å². The third kappa shape index (κ3) is 4.04. The predicted molar refractivity (Wildman–Crippen MR) is 94.7 cm³/mol. The smallest absolute Gasteiger partial charge is 0.251 e. The molecule has 6 nitrogen and oxygen atoms in total. The molecule has 0 saturated carbocycles. The van der Waals surface area contributed by atoms with Crippen LogP contribution in [0.1, 0.15) is 35.9 Å². The van der Waals surface area contributed by atoms with E-state index in [0.29, 0.717) is 23.4 Å². The molecule has 1 aromatic carbocycles. The Hall–Kier alpha value is -1.57. The largest absolute Gasteiger partial charge is 0.396 e. The van der Waals surface area contributed by atoms with E-state index in [1.54, 1.807) is 0 Å². The van der Waals surface area contributed by atoms with E-state index in [1.807, 2.05) is 18.4 Å². The van der Waals surface area contributed by atoms with Gasteiger partial charge < -0.3 is 15.6 Å². The number of hydrogen-bond donors (Lipinski definition) is 3. The lowest BCUT2D eigenvalue weighted by Gasteiger charge is -2.11. The van der Waals surface area contributed by atoms with Gasteiger partial charge in [-0.15, -0.1) is 0 Å². The summed E-state index contributed by atoms with van der Waals surface area (Å²) in [5.74, 6) is 0.797. The van der Waals surface area contributed by atoms with Gasteiger partial charge in [-0.05, 0) is 24.4 Å². The summed E-state index contributed by atoms with van der Waals surface area (Å²) >= 11 is 17.1. The van der Waals surface area contributed by atoms with E-state index in [9.17, 15) is 4.79 Å². The van der Waals surface area contributed by atoms with Crippen LogP contribution in [0.5, 0.6) is 0 Å². The maximum absolute atomic E-state index is 12.2. The average molecular weight is 374 g/mol. The second-order valence-electron chi connectivity index (χ2n) is 5.30. The number of nitrogens with one attached hydrogen (secondary N) is 2. The highest BCUT2D eigenvalue weighted by Crippen LogP contribution is 2.28. The van der Waals surface area contributed by atoms with Gasteiger partial charge in [-0.1, -0.05) is 37.0 Å². The van der Waals surface area contributed by atoms with Gasteiger partial charge in [0.1, 0.15) is 5.82 Å². The highest BCUT2D eigenvalue weighted by atomic mass is 35.5. The van der Waals surface area contributed by atoms with E-state index >= 15 is 0 Å². The van der Waals surface area contributed by atoms with Crippen LogP contribution in [0.3, 0.4) is 0 Å². The van der Waals surface area contributed by atoms with E-state index in [2.05, 4.69) is 15.5 Å². The first-order valence-electron chi connectivity index (χ1n) is 6.99. The van der Waals surface area contributed by atoms with Crippen LogP contribution in [0.4, 0.5) is 5.69 Å². The third-order valence-electron chi connectivity index (χ3n) is 3.27. The van der Waals surface area contributed by atoms with E-state index in [1.165, 1.54) is 12.1 Å². The lowest BCUT2D eigenvalue weighted by atomic mass is 10.2. The molecule has 1 heterocycles. The first-order valence-corrected chi connectivity index (χ1v) is 8.15. The number of hydrogen-bond acceptors (Lipinski definition) is 4. The number of rotatable bonds is 5. The second-order valence-corrected chi connectivity index (χ2v) is 6.50. The number of H-pyrrole nitrogens is 1. The number of carbonyl (C=O) groups excluding carboxylic acids is 1. The Morgan fingerprint density at radius 2 is 2.04 bits per heavy atom. The molecular formula is C14H17Cl2N5OS. The number of carbonyl (C=O) groups is 1. The molecule has 1 amide bonds. The molecule has 4 N–H and O–H groups in total. The van der Waals surface area contributed by atoms with Crippen LogP contribution in [0.2, 0.25) is 10.0 Å². The summed E-state index contributed by atoms with van der Waals surface area (Å²) in [6.45, 7) is 4.97. The summed E-state index contributed by atoms with van der Waals surface area (Å²) in [6.07, 6.45) is 0. The lowest BCUT2D eigenvalue weighted by molar-refractivity contribution is 0.0952. The van der Waals surface area contributed by atoms with Gasteiger partial charge in [-0.2, -0.15) is 5.10 Å². The lowest BCUT2D eigenvalue weighted by Crippen LogP contribution is -2.28. The Morgan fingerprint density at radius 1 is 1.43 bits per heavy atom. The molecule has 0 fully saturated rings. The summed E-state index contributed by atoms with van der Waals surface area (Å²) in [5, 5.41) is 10.3. The molecule has 1 aromatic heterocycles. The Labute approximate surface area is 149 Å². The normalized spacial score (nSPS) is 11.0. The van der Waals surface area contributed by atoms with Gasteiger partial charge in [-0.3, -0.25) is 9.89 Å². The summed E-state index contributed by atoms with van der Waals surface area (Å²) < 4.78 is 2.39. The first-order chi connectivity index (χ1) is 10.8. The average Bonchev–Trinajstić information content (AvgIpc) is 2.85. The fourth-order valence-corrected chi connectivity index (χ4v) is 2.80. The van der Waals surface area contributed by atoms with Crippen molar-refractivity contribution >= 4 is 47.0 Å². The summed E-state index contributed by atoms with van der Waals surface area (Å²) in [6, 6.07) is 2.97. The van der Waals surface area contributed by atoms with Crippen LogP contribution in [-0.4, -0.2) is 27.2 Å². The number of anilines is 1. The predicted octanol–water partition coefficient (Wildman–Crippen LogP) is 3.38. The molecular weight excluding hydrogens is 357 g/mol. The molecule has 23 heavy (non-hydrogen) atoms. The van der Waals surface area contributed by atoms with Crippen LogP contribution in [-0.2, 0) is 6.54 Å². The van der Waals surface area contributed by atoms with Crippen molar-refractivity contribution in [3.63, 3.8) is 0 Å². The molecule has 0 aliphatic heterocycles. The zero-order chi connectivity index (χ0) is 17.1. The summed E-state index contributed by atoms with van der Waals surface area (Å²) in [5.41, 5.74) is 6.27. The number of benzene rings is 1. The van der Waals surface area contributed by atoms with Crippen molar-refractivity contribution in [2.24, 2.45) is 0 Å². The second kappa shape index (κ2) is 7.33. The van der Waals surface area contributed by atoms with Gasteiger partial charge in [0, 0.05) is 24.6 Å².